The predicted molar refractivity (Wildman–Crippen MR) is 109 cm³/mol. The van der Waals surface area contributed by atoms with Crippen LogP contribution in [0, 0.1) is 10.1 Å². The van der Waals surface area contributed by atoms with Gasteiger partial charge in [0.15, 0.2) is 5.16 Å². The molecule has 10 nitrogen and oxygen atoms in total. The molecule has 0 unspecified atom stereocenters. The summed E-state index contributed by atoms with van der Waals surface area (Å²) in [6.07, 6.45) is 1.27. The minimum atomic E-state index is -0.571. The lowest BCUT2D eigenvalue weighted by Crippen LogP contribution is -2.19. The van der Waals surface area contributed by atoms with Crippen molar-refractivity contribution in [2.24, 2.45) is 5.10 Å². The largest absolute Gasteiger partial charge is 0.496 e. The lowest BCUT2D eigenvalue weighted by atomic mass is 10.1. The number of carbonyl (C=O) groups excluding carboxylic acids is 1. The molecule has 1 amide bonds. The maximum absolute atomic E-state index is 12.0. The molecule has 11 heteroatoms. The van der Waals surface area contributed by atoms with Crippen LogP contribution in [0.3, 0.4) is 0 Å². The number of benzene rings is 2. The van der Waals surface area contributed by atoms with E-state index in [9.17, 15) is 14.9 Å². The third kappa shape index (κ3) is 4.82. The number of imidazole rings is 1. The summed E-state index contributed by atoms with van der Waals surface area (Å²) in [6, 6.07) is 10.2. The summed E-state index contributed by atoms with van der Waals surface area (Å²) in [5, 5.41) is 15.6. The molecular formula is C18H17N5O5S. The van der Waals surface area contributed by atoms with E-state index in [0.717, 1.165) is 11.0 Å². The van der Waals surface area contributed by atoms with Crippen LogP contribution in [-0.2, 0) is 4.79 Å². The predicted octanol–water partition coefficient (Wildman–Crippen LogP) is 2.73. The molecule has 0 aliphatic carbocycles. The highest BCUT2D eigenvalue weighted by Gasteiger charge is 2.19. The van der Waals surface area contributed by atoms with E-state index in [-0.39, 0.29) is 23.1 Å². The van der Waals surface area contributed by atoms with Crippen molar-refractivity contribution >= 4 is 40.6 Å². The van der Waals surface area contributed by atoms with Crippen LogP contribution in [-0.4, -0.2) is 47.0 Å². The van der Waals surface area contributed by atoms with Gasteiger partial charge >= 0.3 is 5.69 Å². The third-order valence-electron chi connectivity index (χ3n) is 3.83. The number of H-pyrrole nitrogens is 1. The first kappa shape index (κ1) is 20.1. The number of ether oxygens (including phenoxy) is 2. The van der Waals surface area contributed by atoms with Gasteiger partial charge < -0.3 is 14.5 Å². The first-order valence-electron chi connectivity index (χ1n) is 8.31. The van der Waals surface area contributed by atoms with Crippen LogP contribution >= 0.6 is 11.8 Å². The monoisotopic (exact) mass is 415 g/mol. The van der Waals surface area contributed by atoms with Gasteiger partial charge in [0.25, 0.3) is 5.91 Å². The summed E-state index contributed by atoms with van der Waals surface area (Å²) in [6.45, 7) is 0. The molecule has 0 saturated heterocycles. The van der Waals surface area contributed by atoms with Crippen molar-refractivity contribution in [2.45, 2.75) is 5.16 Å². The molecule has 0 bridgehead atoms. The summed E-state index contributed by atoms with van der Waals surface area (Å²) in [5.41, 5.74) is 4.18. The molecule has 1 heterocycles. The Hall–Kier alpha value is -3.60. The second-order valence-corrected chi connectivity index (χ2v) is 6.63. The zero-order valence-corrected chi connectivity index (χ0v) is 16.4. The maximum Gasteiger partial charge on any atom is 0.311 e. The van der Waals surface area contributed by atoms with Crippen LogP contribution < -0.4 is 14.9 Å². The molecule has 0 spiro atoms. The Labute approximate surface area is 169 Å². The molecule has 2 N–H and O–H groups in total. The third-order valence-corrected chi connectivity index (χ3v) is 4.70. The second kappa shape index (κ2) is 9.06. The fraction of sp³-hybridized carbons (Fsp3) is 0.167. The molecule has 150 valence electrons. The van der Waals surface area contributed by atoms with Gasteiger partial charge in [-0.2, -0.15) is 5.10 Å². The van der Waals surface area contributed by atoms with Gasteiger partial charge in [0, 0.05) is 17.7 Å². The minimum absolute atomic E-state index is 0.0651. The van der Waals surface area contributed by atoms with Crippen LogP contribution in [0.2, 0.25) is 0 Å². The minimum Gasteiger partial charge on any atom is -0.496 e. The average molecular weight is 415 g/mol. The molecule has 2 aromatic carbocycles. The van der Waals surface area contributed by atoms with E-state index < -0.39 is 4.92 Å². The SMILES string of the molecule is COc1cc(OC)c([N+](=O)[O-])cc1/C=N\NC(=O)CSc1nc2ccccc2[nH]1. The van der Waals surface area contributed by atoms with E-state index in [1.54, 1.807) is 0 Å². The topological polar surface area (TPSA) is 132 Å². The second-order valence-electron chi connectivity index (χ2n) is 5.66. The summed E-state index contributed by atoms with van der Waals surface area (Å²) in [4.78, 5) is 30.1. The summed E-state index contributed by atoms with van der Waals surface area (Å²) < 4.78 is 10.2. The Morgan fingerprint density at radius 2 is 2.07 bits per heavy atom. The highest BCUT2D eigenvalue weighted by molar-refractivity contribution is 7.99. The number of hydrazone groups is 1. The number of thioether (sulfide) groups is 1. The van der Waals surface area contributed by atoms with Crippen LogP contribution in [0.4, 0.5) is 5.69 Å². The molecule has 0 aliphatic rings. The summed E-state index contributed by atoms with van der Waals surface area (Å²) in [5.74, 6) is 0.128. The number of aromatic nitrogens is 2. The molecule has 0 saturated carbocycles. The number of hydrogen-bond donors (Lipinski definition) is 2. The number of para-hydroxylation sites is 2. The lowest BCUT2D eigenvalue weighted by molar-refractivity contribution is -0.385. The first-order valence-corrected chi connectivity index (χ1v) is 9.30. The number of fused-ring (bicyclic) bond motifs is 1. The number of nitrogens with zero attached hydrogens (tertiary/aromatic N) is 3. The molecule has 0 aliphatic heterocycles. The number of rotatable bonds is 8. The molecule has 1 aromatic heterocycles. The van der Waals surface area contributed by atoms with Crippen LogP contribution in [0.25, 0.3) is 11.0 Å². The van der Waals surface area contributed by atoms with Gasteiger partial charge in [0.2, 0.25) is 5.75 Å². The van der Waals surface area contributed by atoms with Crippen LogP contribution in [0.5, 0.6) is 11.5 Å². The molecule has 0 fully saturated rings. The van der Waals surface area contributed by atoms with Gasteiger partial charge in [-0.3, -0.25) is 14.9 Å². The normalized spacial score (nSPS) is 11.0. The van der Waals surface area contributed by atoms with E-state index >= 15 is 0 Å². The van der Waals surface area contributed by atoms with Gasteiger partial charge in [-0.15, -0.1) is 0 Å². The highest BCUT2D eigenvalue weighted by Crippen LogP contribution is 2.33. The Bertz CT molecular complexity index is 1050. The first-order chi connectivity index (χ1) is 14.0. The van der Waals surface area contributed by atoms with Gasteiger partial charge in [-0.05, 0) is 12.1 Å². The summed E-state index contributed by atoms with van der Waals surface area (Å²) >= 11 is 1.24. The number of amides is 1. The van der Waals surface area contributed by atoms with E-state index in [1.165, 1.54) is 44.3 Å². The van der Waals surface area contributed by atoms with Gasteiger partial charge in [0.05, 0.1) is 42.1 Å². The summed E-state index contributed by atoms with van der Waals surface area (Å²) in [7, 11) is 2.75. The molecule has 3 rings (SSSR count). The van der Waals surface area contributed by atoms with E-state index in [1.807, 2.05) is 24.3 Å². The fourth-order valence-electron chi connectivity index (χ4n) is 2.49. The van der Waals surface area contributed by atoms with Crippen LogP contribution in [0.1, 0.15) is 5.56 Å². The van der Waals surface area contributed by atoms with Crippen molar-refractivity contribution in [3.8, 4) is 11.5 Å². The number of aromatic amines is 1. The number of nitro benzene ring substituents is 1. The van der Waals surface area contributed by atoms with E-state index in [2.05, 4.69) is 20.5 Å². The van der Waals surface area contributed by atoms with Crippen molar-refractivity contribution in [3.05, 3.63) is 52.1 Å². The number of nitro groups is 1. The Morgan fingerprint density at radius 3 is 2.76 bits per heavy atom. The van der Waals surface area contributed by atoms with Gasteiger partial charge in [-0.1, -0.05) is 23.9 Å². The fourth-order valence-corrected chi connectivity index (χ4v) is 3.16. The molecular weight excluding hydrogens is 398 g/mol. The Kier molecular flexibility index (Phi) is 6.29. The van der Waals surface area contributed by atoms with Gasteiger partial charge in [-0.25, -0.2) is 10.4 Å². The molecule has 0 atom stereocenters. The van der Waals surface area contributed by atoms with E-state index in [4.69, 9.17) is 9.47 Å². The zero-order valence-electron chi connectivity index (χ0n) is 15.5. The van der Waals surface area contributed by atoms with Gasteiger partial charge in [0.1, 0.15) is 5.75 Å². The van der Waals surface area contributed by atoms with Crippen LogP contribution in [0.15, 0.2) is 46.7 Å². The standard InChI is InChI=1S/C18H17N5O5S/c1-27-15-8-16(28-2)14(23(25)26)7-11(15)9-19-22-17(24)10-29-18-20-12-5-3-4-6-13(12)21-18/h3-9H,10H2,1-2H3,(H,20,21)(H,22,24)/b19-9-. The van der Waals surface area contributed by atoms with Crippen molar-refractivity contribution in [1.29, 1.82) is 0 Å². The number of nitrogens with one attached hydrogen (secondary N) is 2. The Balaban J connectivity index is 1.63. The van der Waals surface area contributed by atoms with Crippen molar-refractivity contribution in [2.75, 3.05) is 20.0 Å². The number of hydrogen-bond acceptors (Lipinski definition) is 8. The molecule has 29 heavy (non-hydrogen) atoms. The molecule has 0 radical (unpaired) electrons. The highest BCUT2D eigenvalue weighted by atomic mass is 32.2. The van der Waals surface area contributed by atoms with E-state index in [0.29, 0.717) is 16.5 Å². The lowest BCUT2D eigenvalue weighted by Gasteiger charge is -2.08. The molecule has 3 aromatic rings. The quantitative estimate of drug-likeness (QED) is 0.250. The van der Waals surface area contributed by atoms with Crippen molar-refractivity contribution in [3.63, 3.8) is 0 Å². The number of carbonyl (C=O) groups is 1. The zero-order chi connectivity index (χ0) is 20.8. The maximum atomic E-state index is 12.0. The van der Waals surface area contributed by atoms with Crippen molar-refractivity contribution in [1.82, 2.24) is 15.4 Å². The number of methoxy groups -OCH3 is 2. The Morgan fingerprint density at radius 1 is 1.31 bits per heavy atom. The van der Waals surface area contributed by atoms with Crippen molar-refractivity contribution < 1.29 is 19.2 Å². The average Bonchev–Trinajstić information content (AvgIpc) is 3.14. The smallest absolute Gasteiger partial charge is 0.311 e.